The van der Waals surface area contributed by atoms with E-state index in [1.807, 2.05) is 7.05 Å². The van der Waals surface area contributed by atoms with Crippen LogP contribution in [0.2, 0.25) is 0 Å². The fraction of sp³-hybridized carbons (Fsp3) is 0.571. The van der Waals surface area contributed by atoms with E-state index in [0.29, 0.717) is 6.04 Å². The van der Waals surface area contributed by atoms with Gasteiger partial charge in [-0.05, 0) is 63.9 Å². The van der Waals surface area contributed by atoms with Crippen molar-refractivity contribution in [2.45, 2.75) is 40.2 Å². The molecule has 1 atom stereocenters. The maximum atomic E-state index is 5.83. The molecule has 0 bridgehead atoms. The van der Waals surface area contributed by atoms with Gasteiger partial charge in [0.1, 0.15) is 5.75 Å². The zero-order valence-corrected chi connectivity index (χ0v) is 11.1. The van der Waals surface area contributed by atoms with Crippen molar-refractivity contribution in [1.82, 2.24) is 5.32 Å². The first-order valence-corrected chi connectivity index (χ1v) is 5.92. The Labute approximate surface area is 99.0 Å². The van der Waals surface area contributed by atoms with Gasteiger partial charge in [-0.3, -0.25) is 0 Å². The zero-order valence-electron chi connectivity index (χ0n) is 11.1. The summed E-state index contributed by atoms with van der Waals surface area (Å²) in [7, 11) is 1.98. The van der Waals surface area contributed by atoms with Crippen LogP contribution in [0.5, 0.6) is 5.75 Å². The third-order valence-electron chi connectivity index (χ3n) is 3.07. The topological polar surface area (TPSA) is 21.3 Å². The zero-order chi connectivity index (χ0) is 12.1. The molecule has 0 amide bonds. The highest BCUT2D eigenvalue weighted by Crippen LogP contribution is 2.23. The predicted molar refractivity (Wildman–Crippen MR) is 69.3 cm³/mol. The Morgan fingerprint density at radius 1 is 1.25 bits per heavy atom. The number of rotatable bonds is 5. The normalized spacial score (nSPS) is 12.6. The van der Waals surface area contributed by atoms with Crippen LogP contribution in [-0.4, -0.2) is 19.7 Å². The van der Waals surface area contributed by atoms with Gasteiger partial charge in [0, 0.05) is 6.04 Å². The van der Waals surface area contributed by atoms with E-state index >= 15 is 0 Å². The van der Waals surface area contributed by atoms with Crippen molar-refractivity contribution in [3.05, 3.63) is 28.8 Å². The molecule has 0 saturated heterocycles. The highest BCUT2D eigenvalue weighted by Gasteiger charge is 2.04. The van der Waals surface area contributed by atoms with E-state index in [1.54, 1.807) is 0 Å². The number of aryl methyl sites for hydroxylation is 2. The first-order chi connectivity index (χ1) is 7.54. The molecular formula is C14H23NO. The van der Waals surface area contributed by atoms with Crippen LogP contribution in [0.3, 0.4) is 0 Å². The molecule has 0 saturated carbocycles. The smallest absolute Gasteiger partial charge is 0.122 e. The number of hydrogen-bond donors (Lipinski definition) is 1. The summed E-state index contributed by atoms with van der Waals surface area (Å²) in [6.45, 7) is 9.29. The second-order valence-electron chi connectivity index (χ2n) is 4.53. The minimum absolute atomic E-state index is 0.506. The maximum absolute atomic E-state index is 5.83. The van der Waals surface area contributed by atoms with E-state index in [0.717, 1.165) is 18.8 Å². The maximum Gasteiger partial charge on any atom is 0.122 e. The van der Waals surface area contributed by atoms with Crippen molar-refractivity contribution in [3.63, 3.8) is 0 Å². The molecule has 0 aliphatic rings. The van der Waals surface area contributed by atoms with Gasteiger partial charge in [0.2, 0.25) is 0 Å². The molecule has 1 aromatic carbocycles. The third kappa shape index (κ3) is 3.53. The number of benzene rings is 1. The summed E-state index contributed by atoms with van der Waals surface area (Å²) in [6.07, 6.45) is 1.03. The van der Waals surface area contributed by atoms with Gasteiger partial charge in [-0.2, -0.15) is 0 Å². The fourth-order valence-corrected chi connectivity index (χ4v) is 1.64. The molecule has 90 valence electrons. The van der Waals surface area contributed by atoms with Crippen LogP contribution in [0.1, 0.15) is 30.0 Å². The molecule has 2 nitrogen and oxygen atoms in total. The van der Waals surface area contributed by atoms with Crippen molar-refractivity contribution in [3.8, 4) is 5.75 Å². The molecule has 0 aromatic heterocycles. The first-order valence-electron chi connectivity index (χ1n) is 5.92. The van der Waals surface area contributed by atoms with Crippen LogP contribution in [-0.2, 0) is 0 Å². The van der Waals surface area contributed by atoms with E-state index in [4.69, 9.17) is 4.74 Å². The summed E-state index contributed by atoms with van der Waals surface area (Å²) in [5.41, 5.74) is 3.82. The van der Waals surface area contributed by atoms with Gasteiger partial charge >= 0.3 is 0 Å². The molecule has 1 aromatic rings. The first kappa shape index (κ1) is 13.0. The molecule has 1 unspecified atom stereocenters. The van der Waals surface area contributed by atoms with E-state index in [2.05, 4.69) is 45.1 Å². The fourth-order valence-electron chi connectivity index (χ4n) is 1.64. The number of nitrogens with one attached hydrogen (secondary N) is 1. The largest absolute Gasteiger partial charge is 0.493 e. The lowest BCUT2D eigenvalue weighted by Crippen LogP contribution is -2.23. The SMILES string of the molecule is CNC(C)CCOc1cc(C)cc(C)c1C. The molecule has 2 heteroatoms. The molecule has 0 spiro atoms. The summed E-state index contributed by atoms with van der Waals surface area (Å²) in [6, 6.07) is 4.82. The van der Waals surface area contributed by atoms with Gasteiger partial charge in [-0.25, -0.2) is 0 Å². The van der Waals surface area contributed by atoms with E-state index in [9.17, 15) is 0 Å². The van der Waals surface area contributed by atoms with Gasteiger partial charge in [0.15, 0.2) is 0 Å². The van der Waals surface area contributed by atoms with E-state index in [1.165, 1.54) is 16.7 Å². The Balaban J connectivity index is 2.60. The average Bonchev–Trinajstić information content (AvgIpc) is 2.24. The quantitative estimate of drug-likeness (QED) is 0.825. The molecule has 1 N–H and O–H groups in total. The second-order valence-corrected chi connectivity index (χ2v) is 4.53. The van der Waals surface area contributed by atoms with Gasteiger partial charge in [0.25, 0.3) is 0 Å². The molecule has 16 heavy (non-hydrogen) atoms. The minimum Gasteiger partial charge on any atom is -0.493 e. The van der Waals surface area contributed by atoms with Crippen molar-refractivity contribution >= 4 is 0 Å². The van der Waals surface area contributed by atoms with Crippen LogP contribution in [0.25, 0.3) is 0 Å². The molecular weight excluding hydrogens is 198 g/mol. The lowest BCUT2D eigenvalue weighted by Gasteiger charge is -2.14. The van der Waals surface area contributed by atoms with Crippen molar-refractivity contribution in [2.75, 3.05) is 13.7 Å². The Hall–Kier alpha value is -1.02. The van der Waals surface area contributed by atoms with E-state index < -0.39 is 0 Å². The lowest BCUT2D eigenvalue weighted by molar-refractivity contribution is 0.291. The minimum atomic E-state index is 0.506. The number of hydrogen-bond acceptors (Lipinski definition) is 2. The van der Waals surface area contributed by atoms with Crippen molar-refractivity contribution in [2.24, 2.45) is 0 Å². The molecule has 0 fully saturated rings. The van der Waals surface area contributed by atoms with Crippen LogP contribution >= 0.6 is 0 Å². The Morgan fingerprint density at radius 3 is 2.56 bits per heavy atom. The summed E-state index contributed by atoms with van der Waals surface area (Å²) < 4.78 is 5.83. The van der Waals surface area contributed by atoms with Crippen LogP contribution in [0.4, 0.5) is 0 Å². The van der Waals surface area contributed by atoms with Crippen LogP contribution < -0.4 is 10.1 Å². The average molecular weight is 221 g/mol. The molecule has 0 aliphatic heterocycles. The highest BCUT2D eigenvalue weighted by atomic mass is 16.5. The lowest BCUT2D eigenvalue weighted by atomic mass is 10.1. The standard InChI is InChI=1S/C14H23NO/c1-10-8-11(2)13(4)14(9-10)16-7-6-12(3)15-5/h8-9,12,15H,6-7H2,1-5H3. The predicted octanol–water partition coefficient (Wildman–Crippen LogP) is 2.99. The van der Waals surface area contributed by atoms with E-state index in [-0.39, 0.29) is 0 Å². The van der Waals surface area contributed by atoms with Gasteiger partial charge in [0.05, 0.1) is 6.61 Å². The monoisotopic (exact) mass is 221 g/mol. The van der Waals surface area contributed by atoms with Gasteiger partial charge in [-0.15, -0.1) is 0 Å². The van der Waals surface area contributed by atoms with Crippen LogP contribution in [0.15, 0.2) is 12.1 Å². The van der Waals surface area contributed by atoms with Crippen LogP contribution in [0, 0.1) is 20.8 Å². The van der Waals surface area contributed by atoms with Gasteiger partial charge < -0.3 is 10.1 Å². The Morgan fingerprint density at radius 2 is 1.94 bits per heavy atom. The summed E-state index contributed by atoms with van der Waals surface area (Å²) >= 11 is 0. The van der Waals surface area contributed by atoms with Crippen molar-refractivity contribution in [1.29, 1.82) is 0 Å². The molecule has 1 rings (SSSR count). The number of ether oxygens (including phenoxy) is 1. The van der Waals surface area contributed by atoms with Gasteiger partial charge in [-0.1, -0.05) is 6.07 Å². The summed E-state index contributed by atoms with van der Waals surface area (Å²) in [5, 5.41) is 3.21. The summed E-state index contributed by atoms with van der Waals surface area (Å²) in [5.74, 6) is 1.03. The Bertz CT molecular complexity index is 347. The third-order valence-corrected chi connectivity index (χ3v) is 3.07. The second kappa shape index (κ2) is 5.90. The summed E-state index contributed by atoms with van der Waals surface area (Å²) in [4.78, 5) is 0. The van der Waals surface area contributed by atoms with Crippen molar-refractivity contribution < 1.29 is 4.74 Å². The molecule has 0 radical (unpaired) electrons. The Kier molecular flexibility index (Phi) is 4.81. The highest BCUT2D eigenvalue weighted by molar-refractivity contribution is 5.41. The molecule has 0 aliphatic carbocycles. The molecule has 0 heterocycles.